The van der Waals surface area contributed by atoms with Crippen molar-refractivity contribution < 1.29 is 4.52 Å². The van der Waals surface area contributed by atoms with Gasteiger partial charge in [-0.1, -0.05) is 5.16 Å². The summed E-state index contributed by atoms with van der Waals surface area (Å²) in [7, 11) is 0. The zero-order valence-corrected chi connectivity index (χ0v) is 13.4. The molecule has 118 valence electrons. The Kier molecular flexibility index (Phi) is 4.93. The number of hydrogen-bond acceptors (Lipinski definition) is 5. The van der Waals surface area contributed by atoms with Gasteiger partial charge in [-0.3, -0.25) is 4.90 Å². The van der Waals surface area contributed by atoms with Crippen LogP contribution in [0.3, 0.4) is 0 Å². The molecule has 2 aliphatic heterocycles. The van der Waals surface area contributed by atoms with Crippen molar-refractivity contribution >= 4 is 0 Å². The van der Waals surface area contributed by atoms with E-state index in [2.05, 4.69) is 20.3 Å². The van der Waals surface area contributed by atoms with Crippen LogP contribution in [0, 0.1) is 19.8 Å². The highest BCUT2D eigenvalue weighted by Gasteiger charge is 2.22. The van der Waals surface area contributed by atoms with Gasteiger partial charge in [0.25, 0.3) is 0 Å². The van der Waals surface area contributed by atoms with Crippen LogP contribution in [0.5, 0.6) is 0 Å². The molecule has 2 saturated heterocycles. The minimum atomic E-state index is 0.855. The highest BCUT2D eigenvalue weighted by molar-refractivity contribution is 5.20. The summed E-state index contributed by atoms with van der Waals surface area (Å²) in [5.74, 6) is 1.83. The Bertz CT molecular complexity index is 426. The van der Waals surface area contributed by atoms with Gasteiger partial charge < -0.3 is 14.7 Å². The topological polar surface area (TPSA) is 44.5 Å². The van der Waals surface area contributed by atoms with E-state index in [9.17, 15) is 0 Å². The number of nitrogens with zero attached hydrogens (tertiary/aromatic N) is 3. The standard InChI is InChI=1S/C16H28N4O/c1-13-16(14(2)21-18-13)12-20-8-6-19(7-9-20)11-15-4-3-5-17-10-15/h15,17H,3-12H2,1-2H3. The molecule has 0 aromatic carbocycles. The predicted octanol–water partition coefficient (Wildman–Crippen LogP) is 1.41. The molecule has 0 radical (unpaired) electrons. The number of piperazine rings is 1. The zero-order valence-electron chi connectivity index (χ0n) is 13.4. The Morgan fingerprint density at radius 1 is 1.19 bits per heavy atom. The zero-order chi connectivity index (χ0) is 14.7. The molecular formula is C16H28N4O. The lowest BCUT2D eigenvalue weighted by atomic mass is 9.99. The fourth-order valence-electron chi connectivity index (χ4n) is 3.53. The molecule has 0 bridgehead atoms. The Labute approximate surface area is 127 Å². The van der Waals surface area contributed by atoms with Crippen molar-refractivity contribution in [2.45, 2.75) is 33.2 Å². The van der Waals surface area contributed by atoms with Crippen LogP contribution in [0.4, 0.5) is 0 Å². The number of hydrogen-bond donors (Lipinski definition) is 1. The van der Waals surface area contributed by atoms with E-state index < -0.39 is 0 Å². The maximum Gasteiger partial charge on any atom is 0.138 e. The van der Waals surface area contributed by atoms with Crippen molar-refractivity contribution in [1.29, 1.82) is 0 Å². The highest BCUT2D eigenvalue weighted by Crippen LogP contribution is 2.17. The SMILES string of the molecule is Cc1noc(C)c1CN1CCN(CC2CCCNC2)CC1. The maximum absolute atomic E-state index is 5.26. The van der Waals surface area contributed by atoms with E-state index in [1.807, 2.05) is 13.8 Å². The van der Waals surface area contributed by atoms with Crippen molar-refractivity contribution in [3.05, 3.63) is 17.0 Å². The molecule has 1 N–H and O–H groups in total. The molecule has 1 atom stereocenters. The first-order valence-electron chi connectivity index (χ1n) is 8.29. The summed E-state index contributed by atoms with van der Waals surface area (Å²) < 4.78 is 5.26. The largest absolute Gasteiger partial charge is 0.361 e. The fraction of sp³-hybridized carbons (Fsp3) is 0.812. The van der Waals surface area contributed by atoms with Crippen LogP contribution in [0.25, 0.3) is 0 Å². The van der Waals surface area contributed by atoms with Gasteiger partial charge in [0.1, 0.15) is 5.76 Å². The van der Waals surface area contributed by atoms with E-state index in [1.165, 1.54) is 51.1 Å². The number of aromatic nitrogens is 1. The molecule has 1 aromatic rings. The van der Waals surface area contributed by atoms with Gasteiger partial charge in [-0.05, 0) is 45.7 Å². The van der Waals surface area contributed by atoms with Crippen LogP contribution in [0.15, 0.2) is 4.52 Å². The van der Waals surface area contributed by atoms with Crippen LogP contribution < -0.4 is 5.32 Å². The molecule has 1 aromatic heterocycles. The van der Waals surface area contributed by atoms with E-state index >= 15 is 0 Å². The number of aryl methyl sites for hydroxylation is 2. The predicted molar refractivity (Wildman–Crippen MR) is 83.3 cm³/mol. The quantitative estimate of drug-likeness (QED) is 0.909. The lowest BCUT2D eigenvalue weighted by Gasteiger charge is -2.37. The first-order chi connectivity index (χ1) is 10.2. The molecule has 0 saturated carbocycles. The van der Waals surface area contributed by atoms with Crippen molar-refractivity contribution in [3.63, 3.8) is 0 Å². The average molecular weight is 292 g/mol. The Balaban J connectivity index is 1.44. The average Bonchev–Trinajstić information content (AvgIpc) is 2.82. The Hall–Kier alpha value is -0.910. The number of rotatable bonds is 4. The maximum atomic E-state index is 5.26. The molecule has 3 rings (SSSR count). The summed E-state index contributed by atoms with van der Waals surface area (Å²) in [5, 5.41) is 7.58. The van der Waals surface area contributed by atoms with E-state index in [0.717, 1.165) is 37.0 Å². The van der Waals surface area contributed by atoms with Crippen molar-refractivity contribution in [2.75, 3.05) is 45.8 Å². The van der Waals surface area contributed by atoms with Gasteiger partial charge in [0.05, 0.1) is 5.69 Å². The third-order valence-corrected chi connectivity index (χ3v) is 4.94. The normalized spacial score (nSPS) is 25.3. The summed E-state index contributed by atoms with van der Waals surface area (Å²) in [6.45, 7) is 13.4. The Morgan fingerprint density at radius 2 is 1.95 bits per heavy atom. The van der Waals surface area contributed by atoms with E-state index in [4.69, 9.17) is 4.52 Å². The Morgan fingerprint density at radius 3 is 2.57 bits per heavy atom. The second-order valence-electron chi connectivity index (χ2n) is 6.59. The minimum Gasteiger partial charge on any atom is -0.361 e. The first kappa shape index (κ1) is 15.0. The third-order valence-electron chi connectivity index (χ3n) is 4.94. The minimum absolute atomic E-state index is 0.855. The lowest BCUT2D eigenvalue weighted by molar-refractivity contribution is 0.107. The highest BCUT2D eigenvalue weighted by atomic mass is 16.5. The van der Waals surface area contributed by atoms with Crippen LogP contribution in [0.1, 0.15) is 29.9 Å². The van der Waals surface area contributed by atoms with Gasteiger partial charge in [-0.2, -0.15) is 0 Å². The van der Waals surface area contributed by atoms with Crippen molar-refractivity contribution in [3.8, 4) is 0 Å². The molecule has 3 heterocycles. The monoisotopic (exact) mass is 292 g/mol. The smallest absolute Gasteiger partial charge is 0.138 e. The van der Waals surface area contributed by atoms with Gasteiger partial charge in [0.2, 0.25) is 0 Å². The third kappa shape index (κ3) is 3.84. The van der Waals surface area contributed by atoms with Gasteiger partial charge in [-0.15, -0.1) is 0 Å². The molecule has 21 heavy (non-hydrogen) atoms. The summed E-state index contributed by atoms with van der Waals surface area (Å²) in [6.07, 6.45) is 2.74. The van der Waals surface area contributed by atoms with Crippen LogP contribution >= 0.6 is 0 Å². The molecule has 2 aliphatic rings. The molecule has 2 fully saturated rings. The van der Waals surface area contributed by atoms with Gasteiger partial charge in [-0.25, -0.2) is 0 Å². The van der Waals surface area contributed by atoms with E-state index in [1.54, 1.807) is 0 Å². The van der Waals surface area contributed by atoms with Crippen LogP contribution in [0.2, 0.25) is 0 Å². The number of nitrogens with one attached hydrogen (secondary N) is 1. The molecule has 0 amide bonds. The second-order valence-corrected chi connectivity index (χ2v) is 6.59. The second kappa shape index (κ2) is 6.90. The molecular weight excluding hydrogens is 264 g/mol. The summed E-state index contributed by atoms with van der Waals surface area (Å²) in [4.78, 5) is 5.17. The summed E-state index contributed by atoms with van der Waals surface area (Å²) in [5.41, 5.74) is 2.32. The van der Waals surface area contributed by atoms with Crippen LogP contribution in [-0.4, -0.2) is 60.8 Å². The number of piperidine rings is 1. The van der Waals surface area contributed by atoms with Gasteiger partial charge in [0, 0.05) is 44.8 Å². The molecule has 1 unspecified atom stereocenters. The first-order valence-corrected chi connectivity index (χ1v) is 8.29. The van der Waals surface area contributed by atoms with Gasteiger partial charge in [0.15, 0.2) is 0 Å². The van der Waals surface area contributed by atoms with Crippen molar-refractivity contribution in [2.24, 2.45) is 5.92 Å². The summed E-state index contributed by atoms with van der Waals surface area (Å²) in [6, 6.07) is 0. The van der Waals surface area contributed by atoms with E-state index in [-0.39, 0.29) is 0 Å². The van der Waals surface area contributed by atoms with E-state index in [0.29, 0.717) is 0 Å². The molecule has 0 spiro atoms. The van der Waals surface area contributed by atoms with Gasteiger partial charge >= 0.3 is 0 Å². The lowest BCUT2D eigenvalue weighted by Crippen LogP contribution is -2.48. The summed E-state index contributed by atoms with van der Waals surface area (Å²) >= 11 is 0. The molecule has 5 heteroatoms. The molecule has 0 aliphatic carbocycles. The fourth-order valence-corrected chi connectivity index (χ4v) is 3.53. The van der Waals surface area contributed by atoms with Crippen LogP contribution in [-0.2, 0) is 6.54 Å². The molecule has 5 nitrogen and oxygen atoms in total. The van der Waals surface area contributed by atoms with Crippen molar-refractivity contribution in [1.82, 2.24) is 20.3 Å².